The number of benzene rings is 1. The zero-order valence-corrected chi connectivity index (χ0v) is 13.7. The zero-order valence-electron chi connectivity index (χ0n) is 13.7. The average Bonchev–Trinajstić information content (AvgIpc) is 2.49. The molecular weight excluding hydrogens is 282 g/mol. The van der Waals surface area contributed by atoms with E-state index in [2.05, 4.69) is 13.8 Å². The Morgan fingerprint density at radius 1 is 1.18 bits per heavy atom. The monoisotopic (exact) mass is 307 g/mol. The van der Waals surface area contributed by atoms with Gasteiger partial charge < -0.3 is 14.7 Å². The Morgan fingerprint density at radius 2 is 1.77 bits per heavy atom. The summed E-state index contributed by atoms with van der Waals surface area (Å²) in [5.74, 6) is -0.144. The number of amides is 1. The van der Waals surface area contributed by atoms with E-state index in [4.69, 9.17) is 9.84 Å². The molecule has 22 heavy (non-hydrogen) atoms. The van der Waals surface area contributed by atoms with Gasteiger partial charge in [0.1, 0.15) is 12.3 Å². The standard InChI is InChI=1S/C17H25NO4/c1-5-13(4)18(10-16(19)20)17(21)14-6-8-15(9-7-14)22-11-12(2)3/h6-9,12-13H,5,10-11H2,1-4H3,(H,19,20). The maximum absolute atomic E-state index is 12.5. The summed E-state index contributed by atoms with van der Waals surface area (Å²) >= 11 is 0. The fourth-order valence-corrected chi connectivity index (χ4v) is 1.92. The molecule has 0 heterocycles. The lowest BCUT2D eigenvalue weighted by atomic mass is 10.1. The van der Waals surface area contributed by atoms with E-state index in [0.717, 1.165) is 0 Å². The van der Waals surface area contributed by atoms with Gasteiger partial charge in [0.2, 0.25) is 0 Å². The molecule has 1 atom stereocenters. The largest absolute Gasteiger partial charge is 0.493 e. The van der Waals surface area contributed by atoms with E-state index in [1.54, 1.807) is 24.3 Å². The predicted octanol–water partition coefficient (Wildman–Crippen LogP) is 3.05. The first kappa shape index (κ1) is 18.0. The molecule has 1 aromatic carbocycles. The van der Waals surface area contributed by atoms with Gasteiger partial charge in [0.25, 0.3) is 5.91 Å². The number of carbonyl (C=O) groups excluding carboxylic acids is 1. The summed E-state index contributed by atoms with van der Waals surface area (Å²) in [5, 5.41) is 8.98. The smallest absolute Gasteiger partial charge is 0.323 e. The van der Waals surface area contributed by atoms with Gasteiger partial charge in [-0.15, -0.1) is 0 Å². The zero-order chi connectivity index (χ0) is 16.7. The van der Waals surface area contributed by atoms with Gasteiger partial charge in [0, 0.05) is 11.6 Å². The van der Waals surface area contributed by atoms with Gasteiger partial charge in [-0.25, -0.2) is 0 Å². The Morgan fingerprint density at radius 3 is 2.23 bits per heavy atom. The average molecular weight is 307 g/mol. The van der Waals surface area contributed by atoms with Crippen LogP contribution in [0.2, 0.25) is 0 Å². The van der Waals surface area contributed by atoms with Crippen LogP contribution in [0.4, 0.5) is 0 Å². The van der Waals surface area contributed by atoms with Crippen LogP contribution >= 0.6 is 0 Å². The molecule has 122 valence electrons. The summed E-state index contributed by atoms with van der Waals surface area (Å²) in [5.41, 5.74) is 0.471. The molecule has 1 rings (SSSR count). The van der Waals surface area contributed by atoms with Crippen LogP contribution in [0.25, 0.3) is 0 Å². The molecule has 0 radical (unpaired) electrons. The molecule has 1 N–H and O–H groups in total. The Hall–Kier alpha value is -2.04. The van der Waals surface area contributed by atoms with Crippen LogP contribution in [0.3, 0.4) is 0 Å². The molecule has 5 heteroatoms. The lowest BCUT2D eigenvalue weighted by Gasteiger charge is -2.27. The second-order valence-corrected chi connectivity index (χ2v) is 5.81. The summed E-state index contributed by atoms with van der Waals surface area (Å²) < 4.78 is 5.58. The Bertz CT molecular complexity index is 496. The lowest BCUT2D eigenvalue weighted by Crippen LogP contribution is -2.41. The van der Waals surface area contributed by atoms with Crippen molar-refractivity contribution < 1.29 is 19.4 Å². The third-order valence-corrected chi connectivity index (χ3v) is 3.37. The third kappa shape index (κ3) is 5.39. The third-order valence-electron chi connectivity index (χ3n) is 3.37. The highest BCUT2D eigenvalue weighted by Gasteiger charge is 2.22. The maximum Gasteiger partial charge on any atom is 0.323 e. The first-order chi connectivity index (χ1) is 10.3. The molecule has 0 aliphatic rings. The lowest BCUT2D eigenvalue weighted by molar-refractivity contribution is -0.138. The number of aliphatic carboxylic acids is 1. The molecule has 0 spiro atoms. The van der Waals surface area contributed by atoms with Crippen molar-refractivity contribution in [2.24, 2.45) is 5.92 Å². The van der Waals surface area contributed by atoms with E-state index in [1.807, 2.05) is 13.8 Å². The van der Waals surface area contributed by atoms with Crippen LogP contribution in [0.15, 0.2) is 24.3 Å². The van der Waals surface area contributed by atoms with E-state index in [9.17, 15) is 9.59 Å². The Labute approximate surface area is 131 Å². The normalized spacial score (nSPS) is 12.0. The number of ether oxygens (including phenoxy) is 1. The van der Waals surface area contributed by atoms with Crippen molar-refractivity contribution in [2.45, 2.75) is 40.2 Å². The van der Waals surface area contributed by atoms with E-state index in [1.165, 1.54) is 4.90 Å². The van der Waals surface area contributed by atoms with Crippen molar-refractivity contribution >= 4 is 11.9 Å². The van der Waals surface area contributed by atoms with Gasteiger partial charge >= 0.3 is 5.97 Å². The highest BCUT2D eigenvalue weighted by atomic mass is 16.5. The second kappa shape index (κ2) is 8.41. The van der Waals surface area contributed by atoms with Crippen LogP contribution in [0.1, 0.15) is 44.5 Å². The molecule has 1 unspecified atom stereocenters. The van der Waals surface area contributed by atoms with E-state index in [0.29, 0.717) is 30.3 Å². The van der Waals surface area contributed by atoms with Gasteiger partial charge in [0.15, 0.2) is 0 Å². The first-order valence-electron chi connectivity index (χ1n) is 7.60. The quantitative estimate of drug-likeness (QED) is 0.801. The first-order valence-corrected chi connectivity index (χ1v) is 7.60. The highest BCUT2D eigenvalue weighted by molar-refractivity contribution is 5.96. The molecule has 0 bridgehead atoms. The molecule has 0 aliphatic heterocycles. The molecule has 5 nitrogen and oxygen atoms in total. The van der Waals surface area contributed by atoms with Gasteiger partial charge in [-0.2, -0.15) is 0 Å². The van der Waals surface area contributed by atoms with Gasteiger partial charge in [-0.1, -0.05) is 20.8 Å². The molecule has 1 amide bonds. The van der Waals surface area contributed by atoms with Crippen molar-refractivity contribution in [2.75, 3.05) is 13.2 Å². The predicted molar refractivity (Wildman–Crippen MR) is 85.2 cm³/mol. The van der Waals surface area contributed by atoms with Crippen LogP contribution < -0.4 is 4.74 Å². The molecule has 0 aromatic heterocycles. The summed E-state index contributed by atoms with van der Waals surface area (Å²) in [6, 6.07) is 6.71. The fraction of sp³-hybridized carbons (Fsp3) is 0.529. The minimum absolute atomic E-state index is 0.125. The molecule has 0 fully saturated rings. The molecule has 1 aromatic rings. The summed E-state index contributed by atoms with van der Waals surface area (Å²) in [4.78, 5) is 24.8. The van der Waals surface area contributed by atoms with Crippen molar-refractivity contribution in [1.82, 2.24) is 4.90 Å². The van der Waals surface area contributed by atoms with Crippen molar-refractivity contribution in [1.29, 1.82) is 0 Å². The molecule has 0 saturated carbocycles. The fourth-order valence-electron chi connectivity index (χ4n) is 1.92. The number of hydrogen-bond acceptors (Lipinski definition) is 3. The Balaban J connectivity index is 2.83. The minimum atomic E-state index is -1.01. The molecule has 0 aliphatic carbocycles. The van der Waals surface area contributed by atoms with Crippen LogP contribution in [-0.2, 0) is 4.79 Å². The number of carboxylic acids is 1. The van der Waals surface area contributed by atoms with Crippen molar-refractivity contribution in [3.63, 3.8) is 0 Å². The summed E-state index contributed by atoms with van der Waals surface area (Å²) in [7, 11) is 0. The number of rotatable bonds is 8. The Kier molecular flexibility index (Phi) is 6.89. The topological polar surface area (TPSA) is 66.8 Å². The van der Waals surface area contributed by atoms with E-state index in [-0.39, 0.29) is 18.5 Å². The number of nitrogens with zero attached hydrogens (tertiary/aromatic N) is 1. The number of carboxylic acid groups (broad SMARTS) is 1. The van der Waals surface area contributed by atoms with Crippen molar-refractivity contribution in [3.8, 4) is 5.75 Å². The number of hydrogen-bond donors (Lipinski definition) is 1. The van der Waals surface area contributed by atoms with Gasteiger partial charge in [-0.05, 0) is 43.5 Å². The number of carbonyl (C=O) groups is 2. The SMILES string of the molecule is CCC(C)N(CC(=O)O)C(=O)c1ccc(OCC(C)C)cc1. The van der Waals surface area contributed by atoms with Crippen LogP contribution in [0, 0.1) is 5.92 Å². The van der Waals surface area contributed by atoms with E-state index >= 15 is 0 Å². The second-order valence-electron chi connectivity index (χ2n) is 5.81. The maximum atomic E-state index is 12.5. The molecular formula is C17H25NO4. The van der Waals surface area contributed by atoms with Gasteiger partial charge in [-0.3, -0.25) is 9.59 Å². The summed E-state index contributed by atoms with van der Waals surface area (Å²) in [6.07, 6.45) is 0.703. The van der Waals surface area contributed by atoms with Gasteiger partial charge in [0.05, 0.1) is 6.61 Å². The molecule has 0 saturated heterocycles. The minimum Gasteiger partial charge on any atom is -0.493 e. The van der Waals surface area contributed by atoms with Crippen molar-refractivity contribution in [3.05, 3.63) is 29.8 Å². The van der Waals surface area contributed by atoms with E-state index < -0.39 is 5.97 Å². The van der Waals surface area contributed by atoms with Crippen LogP contribution in [0.5, 0.6) is 5.75 Å². The summed E-state index contributed by atoms with van der Waals surface area (Å²) in [6.45, 7) is 8.23. The highest BCUT2D eigenvalue weighted by Crippen LogP contribution is 2.16. The van der Waals surface area contributed by atoms with Crippen LogP contribution in [-0.4, -0.2) is 41.1 Å².